The van der Waals surface area contributed by atoms with Gasteiger partial charge in [-0.3, -0.25) is 0 Å². The molecule has 2 atom stereocenters. The Bertz CT molecular complexity index is 456. The highest BCUT2D eigenvalue weighted by Crippen LogP contribution is 2.36. The van der Waals surface area contributed by atoms with Crippen molar-refractivity contribution in [1.29, 1.82) is 0 Å². The second-order valence-corrected chi connectivity index (χ2v) is 6.02. The molecule has 3 heteroatoms. The minimum atomic E-state index is -0.0829. The van der Waals surface area contributed by atoms with Crippen molar-refractivity contribution in [3.8, 4) is 0 Å². The molecule has 1 N–H and O–H groups in total. The maximum absolute atomic E-state index is 14.1. The van der Waals surface area contributed by atoms with E-state index >= 15 is 0 Å². The summed E-state index contributed by atoms with van der Waals surface area (Å²) in [5, 5.41) is 3.65. The van der Waals surface area contributed by atoms with Crippen molar-refractivity contribution < 1.29 is 4.39 Å². The Balaban J connectivity index is 1.87. The van der Waals surface area contributed by atoms with Crippen molar-refractivity contribution >= 4 is 5.69 Å². The van der Waals surface area contributed by atoms with Crippen molar-refractivity contribution in [2.75, 3.05) is 18.0 Å². The van der Waals surface area contributed by atoms with Gasteiger partial charge < -0.3 is 10.2 Å². The van der Waals surface area contributed by atoms with E-state index in [1.807, 2.05) is 19.1 Å². The van der Waals surface area contributed by atoms with Gasteiger partial charge in [0.15, 0.2) is 0 Å². The Morgan fingerprint density at radius 3 is 2.84 bits per heavy atom. The number of nitrogens with one attached hydrogen (secondary N) is 1. The maximum atomic E-state index is 14.1. The zero-order chi connectivity index (χ0) is 13.4. The van der Waals surface area contributed by atoms with Crippen LogP contribution < -0.4 is 10.2 Å². The molecule has 1 aromatic carbocycles. The smallest absolute Gasteiger partial charge is 0.146 e. The van der Waals surface area contributed by atoms with Gasteiger partial charge in [-0.25, -0.2) is 4.39 Å². The fourth-order valence-electron chi connectivity index (χ4n) is 3.14. The predicted molar refractivity (Wildman–Crippen MR) is 77.1 cm³/mol. The van der Waals surface area contributed by atoms with Gasteiger partial charge in [0.25, 0.3) is 0 Å². The lowest BCUT2D eigenvalue weighted by molar-refractivity contribution is 0.357. The van der Waals surface area contributed by atoms with Gasteiger partial charge in [0.1, 0.15) is 5.82 Å². The standard InChI is InChI=1S/C16H23FN2/c1-3-13-9-18-15(12-5-6-12)10-19(13)16-8-11(2)4-7-14(16)17/h4,7-8,12-13,15,18H,3,5-6,9-10H2,1-2H3. The van der Waals surface area contributed by atoms with Crippen LogP contribution >= 0.6 is 0 Å². The topological polar surface area (TPSA) is 15.3 Å². The molecule has 1 aliphatic carbocycles. The quantitative estimate of drug-likeness (QED) is 0.900. The fourth-order valence-corrected chi connectivity index (χ4v) is 3.14. The molecule has 0 aromatic heterocycles. The average molecular weight is 262 g/mol. The summed E-state index contributed by atoms with van der Waals surface area (Å²) in [6, 6.07) is 6.40. The molecule has 1 saturated carbocycles. The van der Waals surface area contributed by atoms with Gasteiger partial charge >= 0.3 is 0 Å². The largest absolute Gasteiger partial charge is 0.363 e. The molecule has 1 aromatic rings. The molecule has 0 bridgehead atoms. The van der Waals surface area contributed by atoms with Crippen molar-refractivity contribution in [1.82, 2.24) is 5.32 Å². The zero-order valence-corrected chi connectivity index (χ0v) is 11.8. The first-order chi connectivity index (χ1) is 9.19. The highest BCUT2D eigenvalue weighted by atomic mass is 19.1. The molecule has 2 fully saturated rings. The van der Waals surface area contributed by atoms with E-state index < -0.39 is 0 Å². The normalized spacial score (nSPS) is 27.6. The van der Waals surface area contributed by atoms with Crippen LogP contribution in [0.5, 0.6) is 0 Å². The van der Waals surface area contributed by atoms with Crippen molar-refractivity contribution in [3.05, 3.63) is 29.6 Å². The third-order valence-electron chi connectivity index (χ3n) is 4.52. The first kappa shape index (κ1) is 12.9. The number of piperazine rings is 1. The molecule has 1 heterocycles. The third-order valence-corrected chi connectivity index (χ3v) is 4.52. The Morgan fingerprint density at radius 1 is 1.37 bits per heavy atom. The second kappa shape index (κ2) is 5.12. The lowest BCUT2D eigenvalue weighted by Gasteiger charge is -2.42. The molecule has 1 saturated heterocycles. The van der Waals surface area contributed by atoms with Gasteiger partial charge in [0, 0.05) is 25.2 Å². The number of nitrogens with zero attached hydrogens (tertiary/aromatic N) is 1. The van der Waals surface area contributed by atoms with E-state index in [1.165, 1.54) is 12.8 Å². The number of halogens is 1. The minimum Gasteiger partial charge on any atom is -0.363 e. The van der Waals surface area contributed by atoms with Crippen LogP contribution in [0.4, 0.5) is 10.1 Å². The molecule has 0 amide bonds. The summed E-state index contributed by atoms with van der Waals surface area (Å²) in [6.07, 6.45) is 3.72. The number of benzene rings is 1. The van der Waals surface area contributed by atoms with Gasteiger partial charge in [-0.1, -0.05) is 13.0 Å². The Morgan fingerprint density at radius 2 is 2.16 bits per heavy atom. The summed E-state index contributed by atoms with van der Waals surface area (Å²) in [5.41, 5.74) is 1.92. The zero-order valence-electron chi connectivity index (χ0n) is 11.8. The summed E-state index contributed by atoms with van der Waals surface area (Å²) in [6.45, 7) is 6.14. The van der Waals surface area contributed by atoms with E-state index in [1.54, 1.807) is 6.07 Å². The van der Waals surface area contributed by atoms with Gasteiger partial charge in [-0.05, 0) is 49.8 Å². The van der Waals surface area contributed by atoms with Crippen molar-refractivity contribution in [2.45, 2.75) is 45.2 Å². The van der Waals surface area contributed by atoms with E-state index in [0.29, 0.717) is 12.1 Å². The van der Waals surface area contributed by atoms with E-state index in [9.17, 15) is 4.39 Å². The highest BCUT2D eigenvalue weighted by Gasteiger charge is 2.37. The van der Waals surface area contributed by atoms with Crippen LogP contribution in [0.25, 0.3) is 0 Å². The number of hydrogen-bond donors (Lipinski definition) is 1. The van der Waals surface area contributed by atoms with Crippen LogP contribution in [0.2, 0.25) is 0 Å². The molecule has 0 spiro atoms. The summed E-state index contributed by atoms with van der Waals surface area (Å²) in [7, 11) is 0. The lowest BCUT2D eigenvalue weighted by Crippen LogP contribution is -2.57. The molecule has 0 radical (unpaired) electrons. The van der Waals surface area contributed by atoms with Gasteiger partial charge in [0.05, 0.1) is 5.69 Å². The first-order valence-electron chi connectivity index (χ1n) is 7.45. The SMILES string of the molecule is CCC1CNC(C2CC2)CN1c1cc(C)ccc1F. The number of aryl methyl sites for hydroxylation is 1. The van der Waals surface area contributed by atoms with Crippen molar-refractivity contribution in [3.63, 3.8) is 0 Å². The third kappa shape index (κ3) is 2.62. The molecule has 3 rings (SSSR count). The van der Waals surface area contributed by atoms with Crippen LogP contribution in [0.3, 0.4) is 0 Å². The summed E-state index contributed by atoms with van der Waals surface area (Å²) in [5.74, 6) is 0.730. The Labute approximate surface area is 115 Å². The van der Waals surface area contributed by atoms with Crippen LogP contribution in [-0.2, 0) is 0 Å². The molecule has 2 unspecified atom stereocenters. The Kier molecular flexibility index (Phi) is 3.48. The summed E-state index contributed by atoms with van der Waals surface area (Å²) < 4.78 is 14.1. The van der Waals surface area contributed by atoms with E-state index in [2.05, 4.69) is 17.1 Å². The van der Waals surface area contributed by atoms with Gasteiger partial charge in [0.2, 0.25) is 0 Å². The number of hydrogen-bond acceptors (Lipinski definition) is 2. The molecule has 1 aliphatic heterocycles. The maximum Gasteiger partial charge on any atom is 0.146 e. The van der Waals surface area contributed by atoms with Gasteiger partial charge in [-0.15, -0.1) is 0 Å². The first-order valence-corrected chi connectivity index (χ1v) is 7.45. The molecular formula is C16H23FN2. The molecular weight excluding hydrogens is 239 g/mol. The number of anilines is 1. The van der Waals surface area contributed by atoms with Crippen LogP contribution in [0, 0.1) is 18.7 Å². The predicted octanol–water partition coefficient (Wildman–Crippen LogP) is 3.10. The van der Waals surface area contributed by atoms with Gasteiger partial charge in [-0.2, -0.15) is 0 Å². The second-order valence-electron chi connectivity index (χ2n) is 6.02. The molecule has 2 nitrogen and oxygen atoms in total. The monoisotopic (exact) mass is 262 g/mol. The lowest BCUT2D eigenvalue weighted by atomic mass is 10.0. The highest BCUT2D eigenvalue weighted by molar-refractivity contribution is 5.51. The summed E-state index contributed by atoms with van der Waals surface area (Å²) >= 11 is 0. The van der Waals surface area contributed by atoms with E-state index in [-0.39, 0.29) is 5.82 Å². The summed E-state index contributed by atoms with van der Waals surface area (Å²) in [4.78, 5) is 2.29. The van der Waals surface area contributed by atoms with E-state index in [0.717, 1.165) is 36.7 Å². The minimum absolute atomic E-state index is 0.0829. The molecule has 104 valence electrons. The van der Waals surface area contributed by atoms with Crippen LogP contribution in [0.15, 0.2) is 18.2 Å². The van der Waals surface area contributed by atoms with Crippen LogP contribution in [0.1, 0.15) is 31.7 Å². The molecule has 19 heavy (non-hydrogen) atoms. The number of rotatable bonds is 3. The molecule has 2 aliphatic rings. The average Bonchev–Trinajstić information content (AvgIpc) is 3.25. The van der Waals surface area contributed by atoms with Crippen molar-refractivity contribution in [2.24, 2.45) is 5.92 Å². The van der Waals surface area contributed by atoms with E-state index in [4.69, 9.17) is 0 Å². The fraction of sp³-hybridized carbons (Fsp3) is 0.625. The Hall–Kier alpha value is -1.09. The van der Waals surface area contributed by atoms with Crippen LogP contribution in [-0.4, -0.2) is 25.2 Å².